The molecule has 0 saturated heterocycles. The van der Waals surface area contributed by atoms with Crippen LogP contribution < -0.4 is 5.73 Å². The van der Waals surface area contributed by atoms with Crippen molar-refractivity contribution >= 4 is 27.5 Å². The molecule has 0 radical (unpaired) electrons. The first-order chi connectivity index (χ1) is 8.08. The Labute approximate surface area is 108 Å². The molecule has 2 N–H and O–H groups in total. The molecule has 1 aromatic heterocycles. The van der Waals surface area contributed by atoms with Crippen molar-refractivity contribution in [3.8, 4) is 0 Å². The van der Waals surface area contributed by atoms with E-state index in [-0.39, 0.29) is 5.78 Å². The molecule has 88 valence electrons. The first kappa shape index (κ1) is 11.9. The van der Waals surface area contributed by atoms with Crippen molar-refractivity contribution < 1.29 is 4.79 Å². The van der Waals surface area contributed by atoms with E-state index in [1.807, 2.05) is 24.3 Å². The standard InChI is InChI=1S/C12H12BrN3O/c1-16-12(14)10(7-15-16)11(17)6-8-2-4-9(13)5-3-8/h2-5,7H,6,14H2,1H3. The summed E-state index contributed by atoms with van der Waals surface area (Å²) in [7, 11) is 1.71. The van der Waals surface area contributed by atoms with E-state index in [2.05, 4.69) is 21.0 Å². The Kier molecular flexibility index (Phi) is 3.28. The fourth-order valence-electron chi connectivity index (χ4n) is 1.54. The third-order valence-corrected chi connectivity index (χ3v) is 3.09. The molecule has 0 aliphatic rings. The average molecular weight is 294 g/mol. The van der Waals surface area contributed by atoms with Gasteiger partial charge in [-0.25, -0.2) is 0 Å². The number of aromatic nitrogens is 2. The molecule has 1 heterocycles. The van der Waals surface area contributed by atoms with Crippen LogP contribution in [0.25, 0.3) is 0 Å². The van der Waals surface area contributed by atoms with Crippen LogP contribution in [0.4, 0.5) is 5.82 Å². The van der Waals surface area contributed by atoms with E-state index in [1.165, 1.54) is 10.9 Å². The van der Waals surface area contributed by atoms with E-state index < -0.39 is 0 Å². The Morgan fingerprint density at radius 3 is 2.59 bits per heavy atom. The van der Waals surface area contributed by atoms with Crippen molar-refractivity contribution in [1.82, 2.24) is 9.78 Å². The van der Waals surface area contributed by atoms with Gasteiger partial charge >= 0.3 is 0 Å². The second-order valence-electron chi connectivity index (χ2n) is 3.79. The van der Waals surface area contributed by atoms with Gasteiger partial charge in [0.05, 0.1) is 11.8 Å². The predicted octanol–water partition coefficient (Wildman–Crippen LogP) is 2.19. The number of hydrogen-bond acceptors (Lipinski definition) is 3. The van der Waals surface area contributed by atoms with Gasteiger partial charge < -0.3 is 5.73 Å². The maximum absolute atomic E-state index is 12.0. The molecule has 0 atom stereocenters. The Morgan fingerprint density at radius 2 is 2.06 bits per heavy atom. The maximum Gasteiger partial charge on any atom is 0.172 e. The van der Waals surface area contributed by atoms with Gasteiger partial charge in [-0.05, 0) is 17.7 Å². The average Bonchev–Trinajstić information content (AvgIpc) is 2.63. The van der Waals surface area contributed by atoms with Crippen LogP contribution in [0.2, 0.25) is 0 Å². The summed E-state index contributed by atoms with van der Waals surface area (Å²) in [4.78, 5) is 12.0. The summed E-state index contributed by atoms with van der Waals surface area (Å²) in [5.41, 5.74) is 7.19. The highest BCUT2D eigenvalue weighted by Crippen LogP contribution is 2.15. The number of rotatable bonds is 3. The third kappa shape index (κ3) is 2.55. The van der Waals surface area contributed by atoms with Crippen molar-refractivity contribution in [3.05, 3.63) is 46.1 Å². The maximum atomic E-state index is 12.0. The number of nitrogens with zero attached hydrogens (tertiary/aromatic N) is 2. The van der Waals surface area contributed by atoms with Crippen molar-refractivity contribution in [1.29, 1.82) is 0 Å². The van der Waals surface area contributed by atoms with Crippen LogP contribution >= 0.6 is 15.9 Å². The second-order valence-corrected chi connectivity index (χ2v) is 4.71. The van der Waals surface area contributed by atoms with E-state index in [4.69, 9.17) is 5.73 Å². The number of aryl methyl sites for hydroxylation is 1. The van der Waals surface area contributed by atoms with Crippen molar-refractivity contribution in [2.45, 2.75) is 6.42 Å². The van der Waals surface area contributed by atoms with Crippen LogP contribution in [0.5, 0.6) is 0 Å². The highest BCUT2D eigenvalue weighted by Gasteiger charge is 2.13. The van der Waals surface area contributed by atoms with Gasteiger partial charge in [-0.1, -0.05) is 28.1 Å². The minimum Gasteiger partial charge on any atom is -0.383 e. The Bertz CT molecular complexity index is 545. The molecular weight excluding hydrogens is 282 g/mol. The number of nitrogen functional groups attached to an aromatic ring is 1. The summed E-state index contributed by atoms with van der Waals surface area (Å²) >= 11 is 3.35. The Morgan fingerprint density at radius 1 is 1.41 bits per heavy atom. The van der Waals surface area contributed by atoms with E-state index in [9.17, 15) is 4.79 Å². The molecule has 2 rings (SSSR count). The molecule has 4 nitrogen and oxygen atoms in total. The fraction of sp³-hybridized carbons (Fsp3) is 0.167. The molecule has 0 fully saturated rings. The molecule has 0 unspecified atom stereocenters. The fourth-order valence-corrected chi connectivity index (χ4v) is 1.81. The number of carbonyl (C=O) groups excluding carboxylic acids is 1. The Hall–Kier alpha value is -1.62. The molecule has 5 heteroatoms. The van der Waals surface area contributed by atoms with E-state index in [1.54, 1.807) is 7.05 Å². The smallest absolute Gasteiger partial charge is 0.172 e. The molecule has 1 aromatic carbocycles. The number of ketones is 1. The predicted molar refractivity (Wildman–Crippen MR) is 69.8 cm³/mol. The Balaban J connectivity index is 2.17. The molecule has 0 bridgehead atoms. The minimum absolute atomic E-state index is 0.0158. The summed E-state index contributed by atoms with van der Waals surface area (Å²) in [5, 5.41) is 3.96. The topological polar surface area (TPSA) is 60.9 Å². The van der Waals surface area contributed by atoms with Crippen molar-refractivity contribution in [3.63, 3.8) is 0 Å². The zero-order chi connectivity index (χ0) is 12.4. The lowest BCUT2D eigenvalue weighted by molar-refractivity contribution is 0.0994. The van der Waals surface area contributed by atoms with Gasteiger partial charge in [0, 0.05) is 17.9 Å². The highest BCUT2D eigenvalue weighted by atomic mass is 79.9. The summed E-state index contributed by atoms with van der Waals surface area (Å²) in [6.45, 7) is 0. The quantitative estimate of drug-likeness (QED) is 0.883. The van der Waals surface area contributed by atoms with Crippen LogP contribution in [0, 0.1) is 0 Å². The first-order valence-electron chi connectivity index (χ1n) is 5.13. The lowest BCUT2D eigenvalue weighted by Gasteiger charge is -2.01. The van der Waals surface area contributed by atoms with Crippen LogP contribution in [0.1, 0.15) is 15.9 Å². The number of hydrogen-bond donors (Lipinski definition) is 1. The van der Waals surface area contributed by atoms with Crippen molar-refractivity contribution in [2.24, 2.45) is 7.05 Å². The highest BCUT2D eigenvalue weighted by molar-refractivity contribution is 9.10. The largest absolute Gasteiger partial charge is 0.383 e. The van der Waals surface area contributed by atoms with Gasteiger partial charge in [0.2, 0.25) is 0 Å². The normalized spacial score (nSPS) is 10.5. The van der Waals surface area contributed by atoms with Crippen LogP contribution in [-0.4, -0.2) is 15.6 Å². The number of Topliss-reactive ketones (excluding diaryl/α,β-unsaturated/α-hetero) is 1. The summed E-state index contributed by atoms with van der Waals surface area (Å²) in [6.07, 6.45) is 1.85. The van der Waals surface area contributed by atoms with Gasteiger partial charge in [0.25, 0.3) is 0 Å². The number of benzene rings is 1. The molecule has 0 amide bonds. The molecule has 0 aliphatic carbocycles. The summed E-state index contributed by atoms with van der Waals surface area (Å²) < 4.78 is 2.49. The number of nitrogens with two attached hydrogens (primary N) is 1. The van der Waals surface area contributed by atoms with Crippen LogP contribution in [0.15, 0.2) is 34.9 Å². The number of halogens is 1. The third-order valence-electron chi connectivity index (χ3n) is 2.56. The van der Waals surface area contributed by atoms with Gasteiger partial charge in [0.15, 0.2) is 5.78 Å². The van der Waals surface area contributed by atoms with Gasteiger partial charge in [0.1, 0.15) is 5.82 Å². The second kappa shape index (κ2) is 4.71. The molecule has 17 heavy (non-hydrogen) atoms. The van der Waals surface area contributed by atoms with Crippen LogP contribution in [0.3, 0.4) is 0 Å². The number of anilines is 1. The lowest BCUT2D eigenvalue weighted by atomic mass is 10.1. The van der Waals surface area contributed by atoms with Crippen molar-refractivity contribution in [2.75, 3.05) is 5.73 Å². The molecular formula is C12H12BrN3O. The van der Waals surface area contributed by atoms with Gasteiger partial charge in [-0.15, -0.1) is 0 Å². The SMILES string of the molecule is Cn1ncc(C(=O)Cc2ccc(Br)cc2)c1N. The molecule has 0 spiro atoms. The van der Waals surface area contributed by atoms with E-state index in [0.717, 1.165) is 10.0 Å². The monoisotopic (exact) mass is 293 g/mol. The van der Waals surface area contributed by atoms with E-state index in [0.29, 0.717) is 17.8 Å². The minimum atomic E-state index is -0.0158. The summed E-state index contributed by atoms with van der Waals surface area (Å²) in [5.74, 6) is 0.394. The molecule has 2 aromatic rings. The lowest BCUT2D eigenvalue weighted by Crippen LogP contribution is -2.07. The van der Waals surface area contributed by atoms with E-state index >= 15 is 0 Å². The zero-order valence-corrected chi connectivity index (χ0v) is 10.9. The molecule has 0 aliphatic heterocycles. The van der Waals surface area contributed by atoms with Crippen LogP contribution in [-0.2, 0) is 13.5 Å². The zero-order valence-electron chi connectivity index (χ0n) is 9.35. The number of carbonyl (C=O) groups is 1. The molecule has 0 saturated carbocycles. The summed E-state index contributed by atoms with van der Waals surface area (Å²) in [6, 6.07) is 7.65. The first-order valence-corrected chi connectivity index (χ1v) is 5.92. The van der Waals surface area contributed by atoms with Gasteiger partial charge in [-0.3, -0.25) is 9.48 Å². The van der Waals surface area contributed by atoms with Gasteiger partial charge in [-0.2, -0.15) is 5.10 Å².